The fourth-order valence-electron chi connectivity index (χ4n) is 1.33. The molecule has 0 aliphatic carbocycles. The van der Waals surface area contributed by atoms with E-state index in [0.717, 1.165) is 12.1 Å². The molecule has 3 nitrogen and oxygen atoms in total. The van der Waals surface area contributed by atoms with Crippen LogP contribution in [0.2, 0.25) is 0 Å². The Kier molecular flexibility index (Phi) is 1.90. The number of rotatable bonds is 2. The molecule has 66 valence electrons. The van der Waals surface area contributed by atoms with Crippen LogP contribution in [0.1, 0.15) is 10.6 Å². The maximum Gasteiger partial charge on any atom is 0.0943 e. The first-order valence-corrected chi connectivity index (χ1v) is 4.90. The average Bonchev–Trinajstić information content (AvgIpc) is 2.34. The lowest BCUT2D eigenvalue weighted by atomic mass is 9.92. The molecule has 1 saturated heterocycles. The fourth-order valence-corrected chi connectivity index (χ4v) is 2.25. The van der Waals surface area contributed by atoms with Crippen LogP contribution in [0.3, 0.4) is 0 Å². The van der Waals surface area contributed by atoms with Crippen molar-refractivity contribution in [1.29, 1.82) is 0 Å². The summed E-state index contributed by atoms with van der Waals surface area (Å²) in [6.45, 7) is 3.41. The Labute approximate surface area is 75.5 Å². The van der Waals surface area contributed by atoms with Crippen molar-refractivity contribution < 1.29 is 5.11 Å². The number of hydrogen-bond donors (Lipinski definition) is 2. The third-order valence-electron chi connectivity index (χ3n) is 2.24. The van der Waals surface area contributed by atoms with Crippen LogP contribution in [0.4, 0.5) is 0 Å². The highest BCUT2D eigenvalue weighted by Crippen LogP contribution is 2.22. The van der Waals surface area contributed by atoms with Crippen LogP contribution in [0.25, 0.3) is 0 Å². The van der Waals surface area contributed by atoms with Gasteiger partial charge in [-0.15, -0.1) is 11.3 Å². The summed E-state index contributed by atoms with van der Waals surface area (Å²) in [5, 5.41) is 12.9. The van der Waals surface area contributed by atoms with Crippen LogP contribution in [0.15, 0.2) is 5.51 Å². The molecule has 2 heterocycles. The highest BCUT2D eigenvalue weighted by molar-refractivity contribution is 7.09. The topological polar surface area (TPSA) is 45.2 Å². The number of hydrogen-bond acceptors (Lipinski definition) is 4. The standard InChI is InChI=1S/C8H12N2OS/c1-6-7(12-5-10-6)2-8(11)3-9-4-8/h5,9,11H,2-4H2,1H3. The van der Waals surface area contributed by atoms with Gasteiger partial charge in [0.15, 0.2) is 0 Å². The molecule has 12 heavy (non-hydrogen) atoms. The third kappa shape index (κ3) is 1.37. The van der Waals surface area contributed by atoms with E-state index in [1.165, 1.54) is 4.88 Å². The predicted octanol–water partition coefficient (Wildman–Crippen LogP) is 0.328. The molecule has 2 rings (SSSR count). The van der Waals surface area contributed by atoms with Crippen LogP contribution in [0, 0.1) is 6.92 Å². The van der Waals surface area contributed by atoms with Crippen LogP contribution in [-0.4, -0.2) is 28.8 Å². The first kappa shape index (κ1) is 8.16. The minimum Gasteiger partial charge on any atom is -0.387 e. The zero-order chi connectivity index (χ0) is 8.60. The van der Waals surface area contributed by atoms with Gasteiger partial charge >= 0.3 is 0 Å². The summed E-state index contributed by atoms with van der Waals surface area (Å²) in [6.07, 6.45) is 0.747. The molecule has 0 unspecified atom stereocenters. The molecule has 0 spiro atoms. The van der Waals surface area contributed by atoms with Gasteiger partial charge in [0.05, 0.1) is 16.8 Å². The SMILES string of the molecule is Cc1ncsc1CC1(O)CNC1. The van der Waals surface area contributed by atoms with Crippen molar-refractivity contribution in [3.05, 3.63) is 16.1 Å². The Hall–Kier alpha value is -0.450. The minimum atomic E-state index is -0.503. The van der Waals surface area contributed by atoms with Crippen molar-refractivity contribution in [2.45, 2.75) is 18.9 Å². The lowest BCUT2D eigenvalue weighted by Gasteiger charge is -2.37. The minimum absolute atomic E-state index is 0.503. The van der Waals surface area contributed by atoms with Gasteiger partial charge in [-0.2, -0.15) is 0 Å². The summed E-state index contributed by atoms with van der Waals surface area (Å²) >= 11 is 1.63. The van der Waals surface area contributed by atoms with E-state index in [1.54, 1.807) is 11.3 Å². The molecule has 1 aliphatic rings. The molecule has 2 N–H and O–H groups in total. The monoisotopic (exact) mass is 184 g/mol. The van der Waals surface area contributed by atoms with Crippen LogP contribution >= 0.6 is 11.3 Å². The average molecular weight is 184 g/mol. The van der Waals surface area contributed by atoms with Gasteiger partial charge in [-0.05, 0) is 6.92 Å². The molecule has 0 amide bonds. The molecule has 0 aromatic carbocycles. The van der Waals surface area contributed by atoms with Gasteiger partial charge in [0, 0.05) is 24.4 Å². The van der Waals surface area contributed by atoms with Gasteiger partial charge in [0.1, 0.15) is 0 Å². The Morgan fingerprint density at radius 1 is 1.75 bits per heavy atom. The number of thiazole rings is 1. The van der Waals surface area contributed by atoms with Gasteiger partial charge in [0.2, 0.25) is 0 Å². The number of nitrogens with zero attached hydrogens (tertiary/aromatic N) is 1. The Balaban J connectivity index is 2.08. The number of aliphatic hydroxyl groups is 1. The number of aryl methyl sites for hydroxylation is 1. The van der Waals surface area contributed by atoms with Crippen molar-refractivity contribution in [2.24, 2.45) is 0 Å². The summed E-state index contributed by atoms with van der Waals surface area (Å²) < 4.78 is 0. The van der Waals surface area contributed by atoms with E-state index in [9.17, 15) is 5.11 Å². The summed E-state index contributed by atoms with van der Waals surface area (Å²) in [6, 6.07) is 0. The normalized spacial score (nSPS) is 20.5. The molecular formula is C8H12N2OS. The van der Waals surface area contributed by atoms with Crippen molar-refractivity contribution in [3.8, 4) is 0 Å². The zero-order valence-corrected chi connectivity index (χ0v) is 7.82. The van der Waals surface area contributed by atoms with Gasteiger partial charge < -0.3 is 10.4 Å². The molecule has 0 radical (unpaired) electrons. The van der Waals surface area contributed by atoms with Crippen molar-refractivity contribution >= 4 is 11.3 Å². The first-order valence-electron chi connectivity index (χ1n) is 4.02. The van der Waals surface area contributed by atoms with E-state index in [0.29, 0.717) is 13.1 Å². The van der Waals surface area contributed by atoms with Gasteiger partial charge in [-0.1, -0.05) is 0 Å². The second-order valence-electron chi connectivity index (χ2n) is 3.37. The Bertz CT molecular complexity index is 280. The van der Waals surface area contributed by atoms with Gasteiger partial charge in [-0.25, -0.2) is 4.98 Å². The summed E-state index contributed by atoms with van der Waals surface area (Å²) in [7, 11) is 0. The largest absolute Gasteiger partial charge is 0.387 e. The lowest BCUT2D eigenvalue weighted by molar-refractivity contribution is -0.00849. The Morgan fingerprint density at radius 3 is 2.92 bits per heavy atom. The fraction of sp³-hybridized carbons (Fsp3) is 0.625. The molecule has 0 saturated carbocycles. The molecule has 0 bridgehead atoms. The van der Waals surface area contributed by atoms with E-state index >= 15 is 0 Å². The van der Waals surface area contributed by atoms with E-state index in [1.807, 2.05) is 12.4 Å². The smallest absolute Gasteiger partial charge is 0.0943 e. The van der Waals surface area contributed by atoms with Crippen LogP contribution < -0.4 is 5.32 Å². The summed E-state index contributed by atoms with van der Waals surface area (Å²) in [5.41, 5.74) is 2.39. The molecule has 1 aromatic heterocycles. The summed E-state index contributed by atoms with van der Waals surface area (Å²) in [5.74, 6) is 0. The second kappa shape index (κ2) is 2.80. The van der Waals surface area contributed by atoms with Gasteiger partial charge in [-0.3, -0.25) is 0 Å². The Morgan fingerprint density at radius 2 is 2.50 bits per heavy atom. The highest BCUT2D eigenvalue weighted by atomic mass is 32.1. The third-order valence-corrected chi connectivity index (χ3v) is 3.18. The van der Waals surface area contributed by atoms with Crippen LogP contribution in [-0.2, 0) is 6.42 Å². The maximum absolute atomic E-state index is 9.82. The zero-order valence-electron chi connectivity index (χ0n) is 7.00. The maximum atomic E-state index is 9.82. The summed E-state index contributed by atoms with van der Waals surface area (Å²) in [4.78, 5) is 5.35. The molecule has 1 aromatic rings. The number of nitrogens with one attached hydrogen (secondary N) is 1. The second-order valence-corrected chi connectivity index (χ2v) is 4.30. The highest BCUT2D eigenvalue weighted by Gasteiger charge is 2.35. The predicted molar refractivity (Wildman–Crippen MR) is 48.4 cm³/mol. The number of β-amino-alcohol motifs (C(OH)–C–C–N with tert-alkyl or cyclic N) is 1. The van der Waals surface area contributed by atoms with Crippen molar-refractivity contribution in [2.75, 3.05) is 13.1 Å². The molecular weight excluding hydrogens is 172 g/mol. The molecule has 1 aliphatic heterocycles. The van der Waals surface area contributed by atoms with E-state index < -0.39 is 5.60 Å². The van der Waals surface area contributed by atoms with Crippen molar-refractivity contribution in [1.82, 2.24) is 10.3 Å². The van der Waals surface area contributed by atoms with E-state index in [-0.39, 0.29) is 0 Å². The van der Waals surface area contributed by atoms with Crippen LogP contribution in [0.5, 0.6) is 0 Å². The van der Waals surface area contributed by atoms with Crippen molar-refractivity contribution in [3.63, 3.8) is 0 Å². The van der Waals surface area contributed by atoms with Gasteiger partial charge in [0.25, 0.3) is 0 Å². The number of aromatic nitrogens is 1. The molecule has 4 heteroatoms. The van der Waals surface area contributed by atoms with E-state index in [4.69, 9.17) is 0 Å². The van der Waals surface area contributed by atoms with E-state index in [2.05, 4.69) is 10.3 Å². The molecule has 0 atom stereocenters. The molecule has 1 fully saturated rings. The lowest BCUT2D eigenvalue weighted by Crippen LogP contribution is -2.60. The first-order chi connectivity index (χ1) is 5.70. The quantitative estimate of drug-likeness (QED) is 0.696.